The molecule has 0 radical (unpaired) electrons. The van der Waals surface area contributed by atoms with Crippen molar-refractivity contribution in [3.05, 3.63) is 0 Å². The van der Waals surface area contributed by atoms with E-state index < -0.39 is 0 Å². The Morgan fingerprint density at radius 2 is 1.39 bits per heavy atom. The van der Waals surface area contributed by atoms with Crippen molar-refractivity contribution in [3.8, 4) is 0 Å². The van der Waals surface area contributed by atoms with E-state index in [-0.39, 0.29) is 0 Å². The van der Waals surface area contributed by atoms with Gasteiger partial charge >= 0.3 is 0 Å². The van der Waals surface area contributed by atoms with Crippen LogP contribution in [0.15, 0.2) is 0 Å². The molecule has 5 heteroatoms. The molecule has 2 heterocycles. The minimum absolute atomic E-state index is 0.904. The van der Waals surface area contributed by atoms with Gasteiger partial charge in [-0.05, 0) is 25.9 Å². The normalized spacial score (nSPS) is 23.2. The van der Waals surface area contributed by atoms with Crippen LogP contribution >= 0.6 is 0 Å². The van der Waals surface area contributed by atoms with E-state index in [1.807, 2.05) is 4.90 Å². The van der Waals surface area contributed by atoms with Crippen molar-refractivity contribution in [2.24, 2.45) is 0 Å². The Bertz CT molecular complexity index is 235. The van der Waals surface area contributed by atoms with Crippen molar-refractivity contribution in [1.82, 2.24) is 20.0 Å². The van der Waals surface area contributed by atoms with Gasteiger partial charge in [-0.1, -0.05) is 0 Å². The van der Waals surface area contributed by atoms with Crippen LogP contribution < -0.4 is 5.32 Å². The predicted molar refractivity (Wildman–Crippen MR) is 72.6 cm³/mol. The standard InChI is InChI=1S/C13H26N4O/c18-13-17-11-9-16(10-12-17)6-2-1-5-15-7-3-14-4-8-15/h13-14H,1-12H2. The summed E-state index contributed by atoms with van der Waals surface area (Å²) in [5.74, 6) is 0. The van der Waals surface area contributed by atoms with Gasteiger partial charge in [-0.2, -0.15) is 0 Å². The fraction of sp³-hybridized carbons (Fsp3) is 0.923. The van der Waals surface area contributed by atoms with E-state index in [0.717, 1.165) is 45.7 Å². The van der Waals surface area contributed by atoms with Crippen LogP contribution in [0, 0.1) is 0 Å². The molecule has 0 atom stereocenters. The van der Waals surface area contributed by atoms with Gasteiger partial charge in [0.2, 0.25) is 6.41 Å². The number of piperazine rings is 2. The molecule has 2 saturated heterocycles. The zero-order valence-corrected chi connectivity index (χ0v) is 11.3. The monoisotopic (exact) mass is 254 g/mol. The largest absolute Gasteiger partial charge is 0.343 e. The topological polar surface area (TPSA) is 38.8 Å². The molecule has 0 spiro atoms. The molecule has 2 rings (SSSR count). The average molecular weight is 254 g/mol. The molecule has 0 unspecified atom stereocenters. The number of unbranched alkanes of at least 4 members (excludes halogenated alkanes) is 1. The fourth-order valence-electron chi connectivity index (χ4n) is 2.70. The molecular weight excluding hydrogens is 228 g/mol. The first-order valence-electron chi connectivity index (χ1n) is 7.23. The number of rotatable bonds is 6. The van der Waals surface area contributed by atoms with Gasteiger partial charge in [0.25, 0.3) is 0 Å². The molecule has 1 N–H and O–H groups in total. The summed E-state index contributed by atoms with van der Waals surface area (Å²) >= 11 is 0. The quantitative estimate of drug-likeness (QED) is 0.510. The number of carbonyl (C=O) groups excluding carboxylic acids is 1. The maximum Gasteiger partial charge on any atom is 0.209 e. The predicted octanol–water partition coefficient (Wildman–Crippen LogP) is -0.554. The van der Waals surface area contributed by atoms with Crippen LogP contribution in [0.25, 0.3) is 0 Å². The second-order valence-corrected chi connectivity index (χ2v) is 5.28. The van der Waals surface area contributed by atoms with Crippen LogP contribution in [-0.2, 0) is 4.79 Å². The van der Waals surface area contributed by atoms with Gasteiger partial charge in [0.1, 0.15) is 0 Å². The minimum Gasteiger partial charge on any atom is -0.343 e. The molecule has 0 aromatic carbocycles. The molecule has 0 bridgehead atoms. The Morgan fingerprint density at radius 1 is 0.833 bits per heavy atom. The minimum atomic E-state index is 0.904. The molecule has 0 saturated carbocycles. The SMILES string of the molecule is O=CN1CCN(CCCCN2CCNCC2)CC1. The summed E-state index contributed by atoms with van der Waals surface area (Å²) in [4.78, 5) is 17.5. The highest BCUT2D eigenvalue weighted by Gasteiger charge is 2.14. The first-order valence-corrected chi connectivity index (χ1v) is 7.23. The summed E-state index contributed by atoms with van der Waals surface area (Å²) in [5.41, 5.74) is 0. The zero-order valence-electron chi connectivity index (χ0n) is 11.3. The van der Waals surface area contributed by atoms with Crippen molar-refractivity contribution in [2.45, 2.75) is 12.8 Å². The Morgan fingerprint density at radius 3 is 1.94 bits per heavy atom. The van der Waals surface area contributed by atoms with Gasteiger partial charge in [-0.25, -0.2) is 0 Å². The smallest absolute Gasteiger partial charge is 0.209 e. The summed E-state index contributed by atoms with van der Waals surface area (Å²) in [6, 6.07) is 0. The fourth-order valence-corrected chi connectivity index (χ4v) is 2.70. The highest BCUT2D eigenvalue weighted by Crippen LogP contribution is 2.03. The van der Waals surface area contributed by atoms with Gasteiger partial charge < -0.3 is 15.1 Å². The lowest BCUT2D eigenvalue weighted by atomic mass is 10.2. The van der Waals surface area contributed by atoms with Crippen molar-refractivity contribution in [2.75, 3.05) is 65.4 Å². The molecular formula is C13H26N4O. The molecule has 18 heavy (non-hydrogen) atoms. The summed E-state index contributed by atoms with van der Waals surface area (Å²) < 4.78 is 0. The van der Waals surface area contributed by atoms with Gasteiger partial charge in [0, 0.05) is 52.4 Å². The molecule has 5 nitrogen and oxygen atoms in total. The van der Waals surface area contributed by atoms with Crippen LogP contribution in [0.2, 0.25) is 0 Å². The van der Waals surface area contributed by atoms with Crippen LogP contribution in [0.1, 0.15) is 12.8 Å². The second-order valence-electron chi connectivity index (χ2n) is 5.28. The van der Waals surface area contributed by atoms with E-state index in [1.54, 1.807) is 0 Å². The lowest BCUT2D eigenvalue weighted by molar-refractivity contribution is -0.119. The van der Waals surface area contributed by atoms with E-state index in [2.05, 4.69) is 15.1 Å². The maximum atomic E-state index is 10.6. The second kappa shape index (κ2) is 7.71. The third-order valence-electron chi connectivity index (χ3n) is 3.96. The van der Waals surface area contributed by atoms with Crippen molar-refractivity contribution in [3.63, 3.8) is 0 Å². The van der Waals surface area contributed by atoms with Gasteiger partial charge in [0.15, 0.2) is 0 Å². The maximum absolute atomic E-state index is 10.6. The molecule has 2 aliphatic heterocycles. The first-order chi connectivity index (χ1) is 8.88. The number of hydrogen-bond acceptors (Lipinski definition) is 4. The van der Waals surface area contributed by atoms with Gasteiger partial charge in [-0.15, -0.1) is 0 Å². The summed E-state index contributed by atoms with van der Waals surface area (Å²) in [6.45, 7) is 11.0. The molecule has 0 aliphatic carbocycles. The number of hydrogen-bond donors (Lipinski definition) is 1. The van der Waals surface area contributed by atoms with E-state index in [1.165, 1.54) is 39.0 Å². The van der Waals surface area contributed by atoms with Crippen molar-refractivity contribution >= 4 is 6.41 Å². The number of nitrogens with one attached hydrogen (secondary N) is 1. The highest BCUT2D eigenvalue weighted by atomic mass is 16.1. The molecule has 2 aliphatic rings. The van der Waals surface area contributed by atoms with Crippen molar-refractivity contribution < 1.29 is 4.79 Å². The zero-order chi connectivity index (χ0) is 12.6. The molecule has 0 aromatic heterocycles. The van der Waals surface area contributed by atoms with Crippen LogP contribution in [-0.4, -0.2) is 86.6 Å². The van der Waals surface area contributed by atoms with E-state index in [0.29, 0.717) is 0 Å². The lowest BCUT2D eigenvalue weighted by Gasteiger charge is -2.32. The molecule has 2 fully saturated rings. The molecule has 0 aromatic rings. The molecule has 1 amide bonds. The Labute approximate surface area is 110 Å². The number of amides is 1. The third kappa shape index (κ3) is 4.55. The number of nitrogens with zero attached hydrogens (tertiary/aromatic N) is 3. The van der Waals surface area contributed by atoms with Gasteiger partial charge in [0.05, 0.1) is 0 Å². The third-order valence-corrected chi connectivity index (χ3v) is 3.96. The van der Waals surface area contributed by atoms with E-state index >= 15 is 0 Å². The Kier molecular flexibility index (Phi) is 5.90. The lowest BCUT2D eigenvalue weighted by Crippen LogP contribution is -2.46. The van der Waals surface area contributed by atoms with E-state index in [4.69, 9.17) is 0 Å². The van der Waals surface area contributed by atoms with Crippen LogP contribution in [0.3, 0.4) is 0 Å². The van der Waals surface area contributed by atoms with Gasteiger partial charge in [-0.3, -0.25) is 9.69 Å². The summed E-state index contributed by atoms with van der Waals surface area (Å²) in [5, 5.41) is 3.38. The Hall–Kier alpha value is -0.650. The average Bonchev–Trinajstić information content (AvgIpc) is 2.45. The highest BCUT2D eigenvalue weighted by molar-refractivity contribution is 5.47. The summed E-state index contributed by atoms with van der Waals surface area (Å²) in [6.07, 6.45) is 3.56. The summed E-state index contributed by atoms with van der Waals surface area (Å²) in [7, 11) is 0. The first kappa shape index (κ1) is 13.8. The van der Waals surface area contributed by atoms with Crippen LogP contribution in [0.5, 0.6) is 0 Å². The molecule has 104 valence electrons. The van der Waals surface area contributed by atoms with Crippen LogP contribution in [0.4, 0.5) is 0 Å². The van der Waals surface area contributed by atoms with Crippen molar-refractivity contribution in [1.29, 1.82) is 0 Å². The number of carbonyl (C=O) groups is 1. The Balaban J connectivity index is 1.49. The van der Waals surface area contributed by atoms with E-state index in [9.17, 15) is 4.79 Å².